The number of anilines is 1. The fraction of sp³-hybridized carbons (Fsp3) is 0.300. The number of rotatable bonds is 5. The summed E-state index contributed by atoms with van der Waals surface area (Å²) in [6.45, 7) is 2.30. The highest BCUT2D eigenvalue weighted by molar-refractivity contribution is 7.99. The van der Waals surface area contributed by atoms with Crippen LogP contribution >= 0.6 is 11.8 Å². The number of phenols is 1. The number of carbonyl (C=O) groups is 1. The number of aromatic hydroxyl groups is 1. The third kappa shape index (κ3) is 4.29. The quantitative estimate of drug-likeness (QED) is 0.644. The molecule has 0 atom stereocenters. The first-order valence-corrected chi connectivity index (χ1v) is 10.1. The van der Waals surface area contributed by atoms with Crippen LogP contribution in [-0.4, -0.2) is 57.4 Å². The van der Waals surface area contributed by atoms with Gasteiger partial charge in [0.1, 0.15) is 12.3 Å². The lowest BCUT2D eigenvalue weighted by molar-refractivity contribution is -0.132. The van der Waals surface area contributed by atoms with Crippen molar-refractivity contribution in [1.82, 2.24) is 14.5 Å². The minimum atomic E-state index is -2.61. The molecule has 6 nitrogen and oxygen atoms in total. The van der Waals surface area contributed by atoms with Crippen LogP contribution in [0.25, 0.3) is 11.0 Å². The zero-order chi connectivity index (χ0) is 20.4. The number of thioether (sulfide) groups is 1. The van der Waals surface area contributed by atoms with Crippen molar-refractivity contribution in [2.45, 2.75) is 17.5 Å². The molecule has 1 aliphatic rings. The highest BCUT2D eigenvalue weighted by Crippen LogP contribution is 2.29. The van der Waals surface area contributed by atoms with Gasteiger partial charge in [0.2, 0.25) is 5.91 Å². The lowest BCUT2D eigenvalue weighted by atomic mass is 10.2. The van der Waals surface area contributed by atoms with Crippen LogP contribution in [0.1, 0.15) is 0 Å². The van der Waals surface area contributed by atoms with E-state index in [0.29, 0.717) is 49.0 Å². The standard InChI is InChI=1S/C20H20F2N4O2S/c21-19(22)29-20-23-16-6-1-2-7-17(16)26(20)13-18(28)25-10-8-24(9-11-25)14-4-3-5-15(27)12-14/h1-7,12,19,27H,8-11,13H2. The molecular formula is C20H20F2N4O2S. The summed E-state index contributed by atoms with van der Waals surface area (Å²) in [4.78, 5) is 21.0. The minimum absolute atomic E-state index is 0.0261. The van der Waals surface area contributed by atoms with E-state index >= 15 is 0 Å². The molecule has 1 saturated heterocycles. The lowest BCUT2D eigenvalue weighted by Crippen LogP contribution is -2.49. The number of amides is 1. The number of hydrogen-bond donors (Lipinski definition) is 1. The van der Waals surface area contributed by atoms with Gasteiger partial charge < -0.3 is 19.5 Å². The summed E-state index contributed by atoms with van der Waals surface area (Å²) in [5.41, 5.74) is 2.17. The molecule has 0 bridgehead atoms. The number of aromatic nitrogens is 2. The average Bonchev–Trinajstić information content (AvgIpc) is 3.04. The first-order valence-electron chi connectivity index (χ1n) is 9.23. The molecule has 0 unspecified atom stereocenters. The number of nitrogens with zero attached hydrogens (tertiary/aromatic N) is 4. The molecule has 0 aliphatic carbocycles. The SMILES string of the molecule is O=C(Cn1c(SC(F)F)nc2ccccc21)N1CCN(c2cccc(O)c2)CC1. The van der Waals surface area contributed by atoms with Gasteiger partial charge in [-0.25, -0.2) is 4.98 Å². The number of hydrogen-bond acceptors (Lipinski definition) is 5. The summed E-state index contributed by atoms with van der Waals surface area (Å²) in [6.07, 6.45) is 0. The topological polar surface area (TPSA) is 61.6 Å². The van der Waals surface area contributed by atoms with E-state index in [9.17, 15) is 18.7 Å². The fourth-order valence-electron chi connectivity index (χ4n) is 3.51. The summed E-state index contributed by atoms with van der Waals surface area (Å²) < 4.78 is 27.5. The van der Waals surface area contributed by atoms with Crippen LogP contribution < -0.4 is 4.90 Å². The summed E-state index contributed by atoms with van der Waals surface area (Å²) >= 11 is 0.354. The van der Waals surface area contributed by atoms with Crippen molar-refractivity contribution in [2.75, 3.05) is 31.1 Å². The van der Waals surface area contributed by atoms with E-state index in [2.05, 4.69) is 9.88 Å². The molecule has 4 rings (SSSR count). The predicted octanol–water partition coefficient (Wildman–Crippen LogP) is 3.41. The summed E-state index contributed by atoms with van der Waals surface area (Å²) in [5.74, 6) is -2.52. The van der Waals surface area contributed by atoms with E-state index in [1.165, 1.54) is 0 Å². The highest BCUT2D eigenvalue weighted by Gasteiger charge is 2.24. The number of para-hydroxylation sites is 2. The van der Waals surface area contributed by atoms with E-state index in [1.54, 1.807) is 51.9 Å². The first kappa shape index (κ1) is 19.5. The van der Waals surface area contributed by atoms with Crippen LogP contribution in [-0.2, 0) is 11.3 Å². The van der Waals surface area contributed by atoms with Crippen molar-refractivity contribution in [1.29, 1.82) is 0 Å². The molecule has 1 aliphatic heterocycles. The first-order chi connectivity index (χ1) is 14.0. The van der Waals surface area contributed by atoms with E-state index in [0.717, 1.165) is 5.69 Å². The number of benzene rings is 2. The third-order valence-electron chi connectivity index (χ3n) is 4.93. The summed E-state index contributed by atoms with van der Waals surface area (Å²) in [6, 6.07) is 14.1. The Balaban J connectivity index is 1.46. The van der Waals surface area contributed by atoms with Crippen LogP contribution in [0.3, 0.4) is 0 Å². The predicted molar refractivity (Wildman–Crippen MR) is 108 cm³/mol. The monoisotopic (exact) mass is 418 g/mol. The van der Waals surface area contributed by atoms with E-state index in [4.69, 9.17) is 0 Å². The van der Waals surface area contributed by atoms with Crippen molar-refractivity contribution < 1.29 is 18.7 Å². The normalized spacial score (nSPS) is 14.7. The van der Waals surface area contributed by atoms with Gasteiger partial charge >= 0.3 is 0 Å². The van der Waals surface area contributed by atoms with Gasteiger partial charge in [-0.3, -0.25) is 4.79 Å². The van der Waals surface area contributed by atoms with Crippen molar-refractivity contribution >= 4 is 34.4 Å². The van der Waals surface area contributed by atoms with Gasteiger partial charge in [0, 0.05) is 37.9 Å². The molecule has 0 saturated carbocycles. The average molecular weight is 418 g/mol. The molecule has 1 aromatic heterocycles. The largest absolute Gasteiger partial charge is 0.508 e. The van der Waals surface area contributed by atoms with E-state index in [1.807, 2.05) is 6.07 Å². The Kier molecular flexibility index (Phi) is 5.57. The summed E-state index contributed by atoms with van der Waals surface area (Å²) in [7, 11) is 0. The van der Waals surface area contributed by atoms with Crippen LogP contribution in [0.5, 0.6) is 5.75 Å². The molecule has 9 heteroatoms. The van der Waals surface area contributed by atoms with Gasteiger partial charge in [0.15, 0.2) is 5.16 Å². The molecule has 1 N–H and O–H groups in total. The van der Waals surface area contributed by atoms with Gasteiger partial charge in [-0.2, -0.15) is 8.78 Å². The van der Waals surface area contributed by atoms with Crippen LogP contribution in [0.15, 0.2) is 53.7 Å². The van der Waals surface area contributed by atoms with Crippen molar-refractivity contribution in [2.24, 2.45) is 0 Å². The minimum Gasteiger partial charge on any atom is -0.508 e. The van der Waals surface area contributed by atoms with Gasteiger partial charge in [0.25, 0.3) is 5.76 Å². The Bertz CT molecular complexity index is 1020. The molecule has 0 radical (unpaired) electrons. The number of carbonyl (C=O) groups excluding carboxylic acids is 1. The Hall–Kier alpha value is -2.81. The van der Waals surface area contributed by atoms with Crippen molar-refractivity contribution in [3.8, 4) is 5.75 Å². The molecular weight excluding hydrogens is 398 g/mol. The number of fused-ring (bicyclic) bond motifs is 1. The van der Waals surface area contributed by atoms with Gasteiger partial charge in [-0.05, 0) is 36.0 Å². The molecule has 29 heavy (non-hydrogen) atoms. The second-order valence-corrected chi connectivity index (χ2v) is 7.69. The molecule has 2 heterocycles. The Labute approximate surface area is 170 Å². The smallest absolute Gasteiger partial charge is 0.291 e. The Morgan fingerprint density at radius 2 is 1.86 bits per heavy atom. The maximum atomic E-state index is 12.9. The lowest BCUT2D eigenvalue weighted by Gasteiger charge is -2.36. The molecule has 3 aromatic rings. The Morgan fingerprint density at radius 1 is 1.10 bits per heavy atom. The number of piperazine rings is 1. The third-order valence-corrected chi connectivity index (χ3v) is 5.64. The number of phenolic OH excluding ortho intramolecular Hbond substituents is 1. The zero-order valence-electron chi connectivity index (χ0n) is 15.5. The van der Waals surface area contributed by atoms with Crippen LogP contribution in [0.2, 0.25) is 0 Å². The van der Waals surface area contributed by atoms with Crippen molar-refractivity contribution in [3.05, 3.63) is 48.5 Å². The number of halogens is 2. The second kappa shape index (κ2) is 8.28. The fourth-order valence-corrected chi connectivity index (χ4v) is 4.12. The van der Waals surface area contributed by atoms with Crippen LogP contribution in [0, 0.1) is 0 Å². The highest BCUT2D eigenvalue weighted by atomic mass is 32.2. The zero-order valence-corrected chi connectivity index (χ0v) is 16.4. The molecule has 0 spiro atoms. The maximum absolute atomic E-state index is 12.9. The van der Waals surface area contributed by atoms with Gasteiger partial charge in [-0.1, -0.05) is 18.2 Å². The summed E-state index contributed by atoms with van der Waals surface area (Å²) in [5, 5.41) is 9.79. The molecule has 1 fully saturated rings. The maximum Gasteiger partial charge on any atom is 0.291 e. The molecule has 2 aromatic carbocycles. The van der Waals surface area contributed by atoms with E-state index in [-0.39, 0.29) is 23.4 Å². The van der Waals surface area contributed by atoms with Crippen molar-refractivity contribution in [3.63, 3.8) is 0 Å². The van der Waals surface area contributed by atoms with Gasteiger partial charge in [0.05, 0.1) is 11.0 Å². The molecule has 152 valence electrons. The van der Waals surface area contributed by atoms with Gasteiger partial charge in [-0.15, -0.1) is 0 Å². The Morgan fingerprint density at radius 3 is 2.59 bits per heavy atom. The van der Waals surface area contributed by atoms with E-state index < -0.39 is 5.76 Å². The number of imidazole rings is 1. The molecule has 1 amide bonds. The number of alkyl halides is 2. The second-order valence-electron chi connectivity index (χ2n) is 6.74. The van der Waals surface area contributed by atoms with Crippen LogP contribution in [0.4, 0.5) is 14.5 Å².